The predicted octanol–water partition coefficient (Wildman–Crippen LogP) is 4.18. The van der Waals surface area contributed by atoms with Crippen molar-refractivity contribution in [2.24, 2.45) is 0 Å². The summed E-state index contributed by atoms with van der Waals surface area (Å²) in [7, 11) is 0. The summed E-state index contributed by atoms with van der Waals surface area (Å²) in [5.74, 6) is 0.545. The summed E-state index contributed by atoms with van der Waals surface area (Å²) >= 11 is 15.1. The highest BCUT2D eigenvalue weighted by molar-refractivity contribution is 9.09. The first-order chi connectivity index (χ1) is 5.12. The Morgan fingerprint density at radius 3 is 2.36 bits per heavy atom. The Labute approximate surface area is 87.8 Å². The molecule has 1 atom stereocenters. The van der Waals surface area contributed by atoms with Gasteiger partial charge < -0.3 is 0 Å². The molecule has 0 aromatic carbocycles. The van der Waals surface area contributed by atoms with Crippen LogP contribution in [0.2, 0.25) is 0 Å². The average molecular weight is 262 g/mol. The highest BCUT2D eigenvalue weighted by atomic mass is 79.9. The molecule has 0 heterocycles. The van der Waals surface area contributed by atoms with Gasteiger partial charge in [0.05, 0.1) is 4.87 Å². The summed E-state index contributed by atoms with van der Waals surface area (Å²) in [5, 5.41) is 1.09. The van der Waals surface area contributed by atoms with E-state index < -0.39 is 0 Å². The number of hydrogen-bond acceptors (Lipinski definition) is 0. The molecule has 0 aliphatic rings. The average Bonchev–Trinajstić information content (AvgIpc) is 1.99. The maximum absolute atomic E-state index is 6.06. The number of halogens is 3. The summed E-state index contributed by atoms with van der Waals surface area (Å²) in [6, 6.07) is 0. The molecule has 0 radical (unpaired) electrons. The van der Waals surface area contributed by atoms with Crippen LogP contribution < -0.4 is 0 Å². The van der Waals surface area contributed by atoms with Crippen LogP contribution in [0.5, 0.6) is 0 Å². The van der Waals surface area contributed by atoms with Gasteiger partial charge >= 0.3 is 0 Å². The molecule has 0 aromatic rings. The molecule has 0 rings (SSSR count). The first kappa shape index (κ1) is 12.1. The number of alkyl halides is 3. The molecule has 0 aliphatic heterocycles. The molecular formula is C8H15BrCl2. The second-order valence-electron chi connectivity index (χ2n) is 3.05. The Morgan fingerprint density at radius 1 is 1.27 bits per heavy atom. The molecule has 0 saturated heterocycles. The molecule has 11 heavy (non-hydrogen) atoms. The van der Waals surface area contributed by atoms with Crippen LogP contribution >= 0.6 is 39.1 Å². The fourth-order valence-corrected chi connectivity index (χ4v) is 1.50. The van der Waals surface area contributed by atoms with Gasteiger partial charge in [-0.1, -0.05) is 28.8 Å². The second kappa shape index (κ2) is 6.56. The van der Waals surface area contributed by atoms with Crippen LogP contribution in [-0.4, -0.2) is 16.1 Å². The molecule has 1 unspecified atom stereocenters. The van der Waals surface area contributed by atoms with Crippen LogP contribution in [0, 0.1) is 0 Å². The third-order valence-corrected chi connectivity index (χ3v) is 3.22. The van der Waals surface area contributed by atoms with Crippen molar-refractivity contribution in [3.63, 3.8) is 0 Å². The molecule has 0 saturated carbocycles. The van der Waals surface area contributed by atoms with Gasteiger partial charge in [-0.3, -0.25) is 0 Å². The lowest BCUT2D eigenvalue weighted by molar-refractivity contribution is 0.570. The predicted molar refractivity (Wildman–Crippen MR) is 57.2 cm³/mol. The minimum atomic E-state index is -0.187. The summed E-state index contributed by atoms with van der Waals surface area (Å²) in [6.07, 6.45) is 4.67. The van der Waals surface area contributed by atoms with Crippen molar-refractivity contribution in [2.45, 2.75) is 37.5 Å². The SMILES string of the molecule is CC(Cl)(CCl)CCCCCBr. The molecule has 68 valence electrons. The van der Waals surface area contributed by atoms with E-state index in [4.69, 9.17) is 23.2 Å². The van der Waals surface area contributed by atoms with E-state index in [-0.39, 0.29) is 4.87 Å². The second-order valence-corrected chi connectivity index (χ2v) is 5.02. The normalized spacial score (nSPS) is 16.4. The van der Waals surface area contributed by atoms with Crippen molar-refractivity contribution >= 4 is 39.1 Å². The van der Waals surface area contributed by atoms with Crippen LogP contribution in [0.1, 0.15) is 32.6 Å². The number of hydrogen-bond donors (Lipinski definition) is 0. The lowest BCUT2D eigenvalue weighted by Crippen LogP contribution is -2.17. The Kier molecular flexibility index (Phi) is 7.19. The highest BCUT2D eigenvalue weighted by Gasteiger charge is 2.17. The van der Waals surface area contributed by atoms with Gasteiger partial charge in [-0.15, -0.1) is 23.2 Å². The van der Waals surface area contributed by atoms with E-state index >= 15 is 0 Å². The van der Waals surface area contributed by atoms with Crippen LogP contribution in [0.4, 0.5) is 0 Å². The lowest BCUT2D eigenvalue weighted by Gasteiger charge is -2.17. The van der Waals surface area contributed by atoms with Crippen molar-refractivity contribution in [3.8, 4) is 0 Å². The van der Waals surface area contributed by atoms with Gasteiger partial charge in [0, 0.05) is 11.2 Å². The maximum atomic E-state index is 6.06. The number of unbranched alkanes of at least 4 members (excludes halogenated alkanes) is 2. The zero-order valence-corrected chi connectivity index (χ0v) is 9.97. The van der Waals surface area contributed by atoms with E-state index in [1.807, 2.05) is 6.92 Å². The van der Waals surface area contributed by atoms with Crippen LogP contribution in [0.15, 0.2) is 0 Å². The first-order valence-electron chi connectivity index (χ1n) is 3.93. The Morgan fingerprint density at radius 2 is 1.91 bits per heavy atom. The van der Waals surface area contributed by atoms with Gasteiger partial charge in [-0.05, 0) is 19.8 Å². The van der Waals surface area contributed by atoms with E-state index in [0.29, 0.717) is 5.88 Å². The van der Waals surface area contributed by atoms with Gasteiger partial charge in [0.15, 0.2) is 0 Å². The Bertz CT molecular complexity index is 94.1. The minimum Gasteiger partial charge on any atom is -0.125 e. The monoisotopic (exact) mass is 260 g/mol. The third-order valence-electron chi connectivity index (χ3n) is 1.61. The van der Waals surface area contributed by atoms with Gasteiger partial charge in [-0.25, -0.2) is 0 Å². The van der Waals surface area contributed by atoms with Crippen LogP contribution in [0.3, 0.4) is 0 Å². The Balaban J connectivity index is 3.23. The molecular weight excluding hydrogens is 247 g/mol. The fourth-order valence-electron chi connectivity index (χ4n) is 0.832. The molecule has 0 aromatic heterocycles. The van der Waals surface area contributed by atoms with Crippen molar-refractivity contribution in [2.75, 3.05) is 11.2 Å². The molecule has 0 spiro atoms. The largest absolute Gasteiger partial charge is 0.125 e. The summed E-state index contributed by atoms with van der Waals surface area (Å²) in [4.78, 5) is -0.187. The summed E-state index contributed by atoms with van der Waals surface area (Å²) < 4.78 is 0. The van der Waals surface area contributed by atoms with Crippen LogP contribution in [0.25, 0.3) is 0 Å². The van der Waals surface area contributed by atoms with E-state index in [1.54, 1.807) is 0 Å². The van der Waals surface area contributed by atoms with E-state index in [2.05, 4.69) is 15.9 Å². The molecule has 3 heteroatoms. The fraction of sp³-hybridized carbons (Fsp3) is 1.00. The summed E-state index contributed by atoms with van der Waals surface area (Å²) in [6.45, 7) is 2.00. The van der Waals surface area contributed by atoms with Gasteiger partial charge in [0.25, 0.3) is 0 Å². The van der Waals surface area contributed by atoms with E-state index in [9.17, 15) is 0 Å². The smallest absolute Gasteiger partial charge is 0.0553 e. The van der Waals surface area contributed by atoms with Gasteiger partial charge in [-0.2, -0.15) is 0 Å². The van der Waals surface area contributed by atoms with E-state index in [1.165, 1.54) is 19.3 Å². The first-order valence-corrected chi connectivity index (χ1v) is 5.96. The van der Waals surface area contributed by atoms with Crippen molar-refractivity contribution in [3.05, 3.63) is 0 Å². The lowest BCUT2D eigenvalue weighted by atomic mass is 10.0. The standard InChI is InChI=1S/C8H15BrCl2/c1-8(11,7-10)5-3-2-4-6-9/h2-7H2,1H3. The third kappa shape index (κ3) is 7.42. The molecule has 0 fully saturated rings. The van der Waals surface area contributed by atoms with Crippen LogP contribution in [-0.2, 0) is 0 Å². The van der Waals surface area contributed by atoms with Crippen molar-refractivity contribution in [1.29, 1.82) is 0 Å². The quantitative estimate of drug-likeness (QED) is 0.497. The molecule has 0 aliphatic carbocycles. The molecule has 0 bridgehead atoms. The zero-order valence-electron chi connectivity index (χ0n) is 6.88. The van der Waals surface area contributed by atoms with Crippen molar-refractivity contribution in [1.82, 2.24) is 0 Å². The van der Waals surface area contributed by atoms with E-state index in [0.717, 1.165) is 11.8 Å². The Hall–Kier alpha value is 1.06. The van der Waals surface area contributed by atoms with Gasteiger partial charge in [0.1, 0.15) is 0 Å². The topological polar surface area (TPSA) is 0 Å². The minimum absolute atomic E-state index is 0.187. The maximum Gasteiger partial charge on any atom is 0.0553 e. The van der Waals surface area contributed by atoms with Gasteiger partial charge in [0.2, 0.25) is 0 Å². The summed E-state index contributed by atoms with van der Waals surface area (Å²) in [5.41, 5.74) is 0. The highest BCUT2D eigenvalue weighted by Crippen LogP contribution is 2.23. The van der Waals surface area contributed by atoms with Crippen molar-refractivity contribution < 1.29 is 0 Å². The molecule has 0 N–H and O–H groups in total. The molecule has 0 nitrogen and oxygen atoms in total. The zero-order chi connectivity index (χ0) is 8.74. The number of rotatable bonds is 6. The molecule has 0 amide bonds.